The molecule has 0 spiro atoms. The molecular formula is C20H28N6O. The van der Waals surface area contributed by atoms with Crippen LogP contribution in [0.5, 0.6) is 0 Å². The molecule has 2 aliphatic heterocycles. The summed E-state index contributed by atoms with van der Waals surface area (Å²) in [5.74, 6) is -0.171. The van der Waals surface area contributed by atoms with E-state index < -0.39 is 0 Å². The van der Waals surface area contributed by atoms with Gasteiger partial charge in [-0.05, 0) is 63.0 Å². The smallest absolute Gasteiger partial charge is 0.278 e. The number of rotatable bonds is 5. The highest BCUT2D eigenvalue weighted by atomic mass is 16.2. The minimum absolute atomic E-state index is 0.171. The standard InChI is InChI=1S/C20H28N6O/c1-3-11-25-12-15-5-4-6-18(17(15)13-25)22-20(27)19-14(2)26(24-23-19)16-7-9-21-10-8-16/h4-6,16,21H,3,7-13H2,1-2H3,(H,22,27). The predicted octanol–water partition coefficient (Wildman–Crippen LogP) is 2.49. The van der Waals surface area contributed by atoms with Gasteiger partial charge in [-0.25, -0.2) is 4.68 Å². The van der Waals surface area contributed by atoms with Crippen LogP contribution < -0.4 is 10.6 Å². The Morgan fingerprint density at radius 1 is 1.30 bits per heavy atom. The van der Waals surface area contributed by atoms with Crippen molar-refractivity contribution in [1.82, 2.24) is 25.2 Å². The molecule has 1 aromatic carbocycles. The molecule has 4 rings (SSSR count). The van der Waals surface area contributed by atoms with Gasteiger partial charge in [-0.1, -0.05) is 24.3 Å². The van der Waals surface area contributed by atoms with Crippen molar-refractivity contribution in [2.24, 2.45) is 0 Å². The van der Waals surface area contributed by atoms with Crippen molar-refractivity contribution < 1.29 is 4.79 Å². The molecule has 1 saturated heterocycles. The molecule has 144 valence electrons. The third-order valence-electron chi connectivity index (χ3n) is 5.63. The van der Waals surface area contributed by atoms with Crippen LogP contribution in [0.2, 0.25) is 0 Å². The van der Waals surface area contributed by atoms with Gasteiger partial charge in [0.15, 0.2) is 5.69 Å². The highest BCUT2D eigenvalue weighted by Gasteiger charge is 2.25. The second kappa shape index (κ2) is 7.78. The Morgan fingerprint density at radius 2 is 2.11 bits per heavy atom. The van der Waals surface area contributed by atoms with E-state index in [1.165, 1.54) is 11.1 Å². The molecule has 0 bridgehead atoms. The van der Waals surface area contributed by atoms with Crippen molar-refractivity contribution in [2.75, 3.05) is 25.0 Å². The molecule has 0 saturated carbocycles. The summed E-state index contributed by atoms with van der Waals surface area (Å²) < 4.78 is 1.92. The first-order valence-corrected chi connectivity index (χ1v) is 9.94. The van der Waals surface area contributed by atoms with Crippen molar-refractivity contribution >= 4 is 11.6 Å². The van der Waals surface area contributed by atoms with E-state index in [-0.39, 0.29) is 5.91 Å². The molecule has 0 unspecified atom stereocenters. The average molecular weight is 368 g/mol. The second-order valence-corrected chi connectivity index (χ2v) is 7.56. The lowest BCUT2D eigenvalue weighted by Gasteiger charge is -2.23. The van der Waals surface area contributed by atoms with Gasteiger partial charge in [-0.3, -0.25) is 9.69 Å². The predicted molar refractivity (Wildman–Crippen MR) is 105 cm³/mol. The van der Waals surface area contributed by atoms with Gasteiger partial charge in [0.2, 0.25) is 0 Å². The molecule has 0 atom stereocenters. The fourth-order valence-electron chi connectivity index (χ4n) is 4.21. The number of fused-ring (bicyclic) bond motifs is 1. The SMILES string of the molecule is CCCN1Cc2cccc(NC(=O)c3nnn(C4CCNCC4)c3C)c2C1. The fraction of sp³-hybridized carbons (Fsp3) is 0.550. The number of anilines is 1. The van der Waals surface area contributed by atoms with Crippen molar-refractivity contribution in [2.45, 2.75) is 52.2 Å². The van der Waals surface area contributed by atoms with Crippen LogP contribution in [0, 0.1) is 6.92 Å². The average Bonchev–Trinajstić information content (AvgIpc) is 3.26. The molecule has 0 radical (unpaired) electrons. The van der Waals surface area contributed by atoms with Gasteiger partial charge in [0, 0.05) is 18.8 Å². The fourth-order valence-corrected chi connectivity index (χ4v) is 4.21. The van der Waals surface area contributed by atoms with Gasteiger partial charge in [-0.2, -0.15) is 0 Å². The van der Waals surface area contributed by atoms with Gasteiger partial charge in [0.1, 0.15) is 0 Å². The van der Waals surface area contributed by atoms with E-state index in [0.29, 0.717) is 11.7 Å². The van der Waals surface area contributed by atoms with E-state index >= 15 is 0 Å². The summed E-state index contributed by atoms with van der Waals surface area (Å²) in [7, 11) is 0. The van der Waals surface area contributed by atoms with Crippen molar-refractivity contribution in [1.29, 1.82) is 0 Å². The minimum atomic E-state index is -0.171. The minimum Gasteiger partial charge on any atom is -0.320 e. The third-order valence-corrected chi connectivity index (χ3v) is 5.63. The largest absolute Gasteiger partial charge is 0.320 e. The van der Waals surface area contributed by atoms with Crippen LogP contribution in [0.15, 0.2) is 18.2 Å². The van der Waals surface area contributed by atoms with Crippen LogP contribution in [0.1, 0.15) is 59.5 Å². The number of amides is 1. The van der Waals surface area contributed by atoms with E-state index in [9.17, 15) is 4.79 Å². The Balaban J connectivity index is 1.51. The van der Waals surface area contributed by atoms with Crippen LogP contribution in [-0.2, 0) is 13.1 Å². The molecule has 2 aromatic rings. The first-order valence-electron chi connectivity index (χ1n) is 9.94. The Kier molecular flexibility index (Phi) is 5.22. The number of hydrogen-bond acceptors (Lipinski definition) is 5. The molecule has 1 aromatic heterocycles. The number of piperidine rings is 1. The molecule has 1 amide bonds. The Labute approximate surface area is 160 Å². The Hall–Kier alpha value is -2.25. The summed E-state index contributed by atoms with van der Waals surface area (Å²) in [5.41, 5.74) is 4.69. The maximum absolute atomic E-state index is 12.9. The van der Waals surface area contributed by atoms with E-state index in [1.807, 2.05) is 23.7 Å². The van der Waals surface area contributed by atoms with Crippen molar-refractivity contribution in [3.8, 4) is 0 Å². The number of benzene rings is 1. The quantitative estimate of drug-likeness (QED) is 0.848. The molecule has 1 fully saturated rings. The van der Waals surface area contributed by atoms with Gasteiger partial charge in [0.05, 0.1) is 11.7 Å². The molecule has 0 aliphatic carbocycles. The number of hydrogen-bond donors (Lipinski definition) is 2. The van der Waals surface area contributed by atoms with Crippen LogP contribution in [-0.4, -0.2) is 45.4 Å². The number of carbonyl (C=O) groups is 1. The van der Waals surface area contributed by atoms with Crippen LogP contribution in [0.4, 0.5) is 5.69 Å². The van der Waals surface area contributed by atoms with Gasteiger partial charge in [-0.15, -0.1) is 5.10 Å². The molecule has 7 heteroatoms. The van der Waals surface area contributed by atoms with Gasteiger partial charge < -0.3 is 10.6 Å². The first-order chi connectivity index (χ1) is 13.2. The lowest BCUT2D eigenvalue weighted by atomic mass is 10.1. The van der Waals surface area contributed by atoms with Crippen LogP contribution >= 0.6 is 0 Å². The van der Waals surface area contributed by atoms with Crippen molar-refractivity contribution in [3.63, 3.8) is 0 Å². The number of nitrogens with one attached hydrogen (secondary N) is 2. The molecule has 2 aliphatic rings. The third kappa shape index (κ3) is 3.61. The Morgan fingerprint density at radius 3 is 2.89 bits per heavy atom. The van der Waals surface area contributed by atoms with Crippen molar-refractivity contribution in [3.05, 3.63) is 40.7 Å². The zero-order valence-electron chi connectivity index (χ0n) is 16.2. The number of aromatic nitrogens is 3. The summed E-state index contributed by atoms with van der Waals surface area (Å²) in [6, 6.07) is 6.48. The normalized spacial score (nSPS) is 17.9. The zero-order chi connectivity index (χ0) is 18.8. The summed E-state index contributed by atoms with van der Waals surface area (Å²) >= 11 is 0. The summed E-state index contributed by atoms with van der Waals surface area (Å²) in [6.07, 6.45) is 3.17. The van der Waals surface area contributed by atoms with Crippen LogP contribution in [0.25, 0.3) is 0 Å². The maximum atomic E-state index is 12.9. The van der Waals surface area contributed by atoms with E-state index in [1.54, 1.807) is 0 Å². The Bertz CT molecular complexity index is 824. The highest BCUT2D eigenvalue weighted by Crippen LogP contribution is 2.30. The monoisotopic (exact) mass is 368 g/mol. The second-order valence-electron chi connectivity index (χ2n) is 7.56. The highest BCUT2D eigenvalue weighted by molar-refractivity contribution is 6.04. The molecular weight excluding hydrogens is 340 g/mol. The van der Waals surface area contributed by atoms with Crippen LogP contribution in [0.3, 0.4) is 0 Å². The van der Waals surface area contributed by atoms with E-state index in [4.69, 9.17) is 0 Å². The number of nitrogens with zero attached hydrogens (tertiary/aromatic N) is 4. The van der Waals surface area contributed by atoms with Gasteiger partial charge >= 0.3 is 0 Å². The van der Waals surface area contributed by atoms with E-state index in [0.717, 1.165) is 63.4 Å². The first kappa shape index (κ1) is 18.1. The lowest BCUT2D eigenvalue weighted by molar-refractivity contribution is 0.102. The molecule has 27 heavy (non-hydrogen) atoms. The lowest BCUT2D eigenvalue weighted by Crippen LogP contribution is -2.30. The molecule has 7 nitrogen and oxygen atoms in total. The zero-order valence-corrected chi connectivity index (χ0v) is 16.2. The van der Waals surface area contributed by atoms with Gasteiger partial charge in [0.25, 0.3) is 5.91 Å². The molecule has 3 heterocycles. The topological polar surface area (TPSA) is 75.1 Å². The maximum Gasteiger partial charge on any atom is 0.278 e. The summed E-state index contributed by atoms with van der Waals surface area (Å²) in [5, 5.41) is 14.9. The number of carbonyl (C=O) groups excluding carboxylic acids is 1. The summed E-state index contributed by atoms with van der Waals surface area (Å²) in [6.45, 7) is 9.02. The molecule has 2 N–H and O–H groups in total. The summed E-state index contributed by atoms with van der Waals surface area (Å²) in [4.78, 5) is 15.3. The van der Waals surface area contributed by atoms with E-state index in [2.05, 4.69) is 38.8 Å².